The van der Waals surface area contributed by atoms with Gasteiger partial charge in [0, 0.05) is 34.9 Å². The van der Waals surface area contributed by atoms with Crippen LogP contribution in [0.5, 0.6) is 0 Å². The first-order valence-electron chi connectivity index (χ1n) is 7.12. The number of fused-ring (bicyclic) bond motifs is 1. The molecule has 20 heavy (non-hydrogen) atoms. The molecule has 0 aliphatic heterocycles. The van der Waals surface area contributed by atoms with E-state index in [-0.39, 0.29) is 0 Å². The second kappa shape index (κ2) is 5.45. The van der Waals surface area contributed by atoms with E-state index >= 15 is 0 Å². The zero-order chi connectivity index (χ0) is 14.1. The molecule has 3 heteroatoms. The lowest BCUT2D eigenvalue weighted by Crippen LogP contribution is -2.14. The minimum absolute atomic E-state index is 0.305. The summed E-state index contributed by atoms with van der Waals surface area (Å²) in [7, 11) is 0. The fourth-order valence-corrected chi connectivity index (χ4v) is 3.12. The van der Waals surface area contributed by atoms with Crippen molar-refractivity contribution in [2.45, 2.75) is 39.2 Å². The molecule has 1 aliphatic rings. The van der Waals surface area contributed by atoms with E-state index in [1.807, 2.05) is 12.1 Å². The molecule has 1 aliphatic carbocycles. The molecule has 1 aromatic carbocycles. The summed E-state index contributed by atoms with van der Waals surface area (Å²) in [6.07, 6.45) is 3.67. The van der Waals surface area contributed by atoms with Crippen LogP contribution in [0.3, 0.4) is 0 Å². The van der Waals surface area contributed by atoms with Crippen molar-refractivity contribution < 1.29 is 4.79 Å². The molecule has 104 valence electrons. The van der Waals surface area contributed by atoms with E-state index in [4.69, 9.17) is 11.6 Å². The molecule has 0 amide bonds. The lowest BCUT2D eigenvalue weighted by atomic mass is 9.96. The van der Waals surface area contributed by atoms with Crippen LogP contribution in [0.2, 0.25) is 5.02 Å². The minimum atomic E-state index is 0.305. The molecule has 0 fully saturated rings. The first-order valence-corrected chi connectivity index (χ1v) is 7.49. The molecule has 0 unspecified atom stereocenters. The van der Waals surface area contributed by atoms with Crippen LogP contribution >= 0.6 is 11.6 Å². The number of hydrogen-bond acceptors (Lipinski definition) is 1. The Morgan fingerprint density at radius 3 is 2.70 bits per heavy atom. The fourth-order valence-electron chi connectivity index (χ4n) is 2.99. The predicted molar refractivity (Wildman–Crippen MR) is 81.6 cm³/mol. The molecule has 0 saturated carbocycles. The van der Waals surface area contributed by atoms with Crippen LogP contribution in [0.4, 0.5) is 0 Å². The molecule has 0 atom stereocenters. The number of benzene rings is 1. The van der Waals surface area contributed by atoms with Gasteiger partial charge < -0.3 is 4.57 Å². The predicted octanol–water partition coefficient (Wildman–Crippen LogP) is 4.21. The molecule has 0 spiro atoms. The van der Waals surface area contributed by atoms with Gasteiger partial charge in [0.05, 0.1) is 0 Å². The van der Waals surface area contributed by atoms with Crippen molar-refractivity contribution in [2.24, 2.45) is 0 Å². The average Bonchev–Trinajstić information content (AvgIpc) is 2.76. The molecular weight excluding hydrogens is 270 g/mol. The summed E-state index contributed by atoms with van der Waals surface area (Å²) in [4.78, 5) is 11.9. The van der Waals surface area contributed by atoms with Gasteiger partial charge in [-0.1, -0.05) is 23.7 Å². The van der Waals surface area contributed by atoms with Crippen molar-refractivity contribution >= 4 is 17.4 Å². The number of hydrogen-bond donors (Lipinski definition) is 0. The van der Waals surface area contributed by atoms with E-state index < -0.39 is 0 Å². The van der Waals surface area contributed by atoms with Gasteiger partial charge in [0.2, 0.25) is 0 Å². The van der Waals surface area contributed by atoms with Crippen LogP contribution in [-0.2, 0) is 19.4 Å². The third-order valence-electron chi connectivity index (χ3n) is 4.07. The highest BCUT2D eigenvalue weighted by molar-refractivity contribution is 6.30. The molecule has 1 heterocycles. The Morgan fingerprint density at radius 2 is 1.95 bits per heavy atom. The first kappa shape index (κ1) is 13.4. The molecule has 3 rings (SSSR count). The van der Waals surface area contributed by atoms with Crippen molar-refractivity contribution in [1.29, 1.82) is 0 Å². The fraction of sp³-hybridized carbons (Fsp3) is 0.353. The number of aryl methyl sites for hydroxylation is 2. The lowest BCUT2D eigenvalue weighted by molar-refractivity contribution is 0.0972. The number of carbonyl (C=O) groups excluding carboxylic acids is 1. The van der Waals surface area contributed by atoms with Crippen LogP contribution in [0, 0.1) is 6.92 Å². The number of nitrogens with zero attached hydrogens (tertiary/aromatic N) is 1. The Hall–Kier alpha value is -1.54. The maximum absolute atomic E-state index is 11.9. The second-order valence-electron chi connectivity index (χ2n) is 5.45. The highest BCUT2D eigenvalue weighted by atomic mass is 35.5. The Labute approximate surface area is 124 Å². The highest BCUT2D eigenvalue weighted by Gasteiger charge is 2.22. The molecule has 1 aromatic heterocycles. The first-order chi connectivity index (χ1) is 9.65. The number of rotatable bonds is 3. The van der Waals surface area contributed by atoms with Crippen molar-refractivity contribution in [3.8, 4) is 0 Å². The summed E-state index contributed by atoms with van der Waals surface area (Å²) in [6.45, 7) is 3.02. The topological polar surface area (TPSA) is 22.0 Å². The zero-order valence-electron chi connectivity index (χ0n) is 11.7. The van der Waals surface area contributed by atoms with Crippen molar-refractivity contribution in [3.63, 3.8) is 0 Å². The van der Waals surface area contributed by atoms with Gasteiger partial charge in [0.15, 0.2) is 5.78 Å². The summed E-state index contributed by atoms with van der Waals surface area (Å²) in [6, 6.07) is 10.0. The van der Waals surface area contributed by atoms with Crippen molar-refractivity contribution in [3.05, 3.63) is 57.9 Å². The number of Topliss-reactive ketones (excluding diaryl/α,β-unsaturated/α-hetero) is 1. The lowest BCUT2D eigenvalue weighted by Gasteiger charge is -2.16. The monoisotopic (exact) mass is 287 g/mol. The average molecular weight is 288 g/mol. The molecule has 0 N–H and O–H groups in total. The normalized spacial score (nSPS) is 14.4. The van der Waals surface area contributed by atoms with Crippen LogP contribution in [0.25, 0.3) is 0 Å². The summed E-state index contributed by atoms with van der Waals surface area (Å²) < 4.78 is 2.31. The molecule has 2 aromatic rings. The van der Waals surface area contributed by atoms with Crippen LogP contribution in [0.15, 0.2) is 30.3 Å². The van der Waals surface area contributed by atoms with Crippen molar-refractivity contribution in [2.75, 3.05) is 0 Å². The molecule has 2 nitrogen and oxygen atoms in total. The SMILES string of the molecule is Cc1cc2c(n1CCc1ccc(Cl)cc1)CCCC2=O. The number of halogens is 1. The van der Waals surface area contributed by atoms with Gasteiger partial charge in [0.1, 0.15) is 0 Å². The molecule has 0 radical (unpaired) electrons. The van der Waals surface area contributed by atoms with E-state index in [0.717, 1.165) is 36.4 Å². The van der Waals surface area contributed by atoms with E-state index in [9.17, 15) is 4.79 Å². The standard InChI is InChI=1S/C17H18ClNO/c1-12-11-15-16(3-2-4-17(15)20)19(12)10-9-13-5-7-14(18)8-6-13/h5-8,11H,2-4,9-10H2,1H3. The van der Waals surface area contributed by atoms with Crippen LogP contribution in [-0.4, -0.2) is 10.4 Å². The summed E-state index contributed by atoms with van der Waals surface area (Å²) in [5, 5.41) is 0.772. The van der Waals surface area contributed by atoms with Gasteiger partial charge >= 0.3 is 0 Å². The van der Waals surface area contributed by atoms with E-state index in [1.54, 1.807) is 0 Å². The van der Waals surface area contributed by atoms with E-state index in [1.165, 1.54) is 17.0 Å². The van der Waals surface area contributed by atoms with Crippen LogP contribution in [0.1, 0.15) is 40.2 Å². The van der Waals surface area contributed by atoms with Gasteiger partial charge in [-0.05, 0) is 49.9 Å². The maximum atomic E-state index is 11.9. The molecule has 0 saturated heterocycles. The number of ketones is 1. The van der Waals surface area contributed by atoms with Crippen molar-refractivity contribution in [1.82, 2.24) is 4.57 Å². The van der Waals surface area contributed by atoms with Gasteiger partial charge in [-0.25, -0.2) is 0 Å². The van der Waals surface area contributed by atoms with E-state index in [2.05, 4.69) is 29.7 Å². The van der Waals surface area contributed by atoms with Gasteiger partial charge in [-0.15, -0.1) is 0 Å². The smallest absolute Gasteiger partial charge is 0.164 e. The third kappa shape index (κ3) is 2.53. The summed E-state index contributed by atoms with van der Waals surface area (Å²) >= 11 is 5.90. The Bertz CT molecular complexity index is 640. The largest absolute Gasteiger partial charge is 0.348 e. The Kier molecular flexibility index (Phi) is 3.66. The summed E-state index contributed by atoms with van der Waals surface area (Å²) in [5.74, 6) is 0.305. The Balaban J connectivity index is 1.81. The highest BCUT2D eigenvalue weighted by Crippen LogP contribution is 2.25. The van der Waals surface area contributed by atoms with E-state index in [0.29, 0.717) is 12.2 Å². The second-order valence-corrected chi connectivity index (χ2v) is 5.89. The Morgan fingerprint density at radius 1 is 1.20 bits per heavy atom. The minimum Gasteiger partial charge on any atom is -0.348 e. The van der Waals surface area contributed by atoms with Gasteiger partial charge in [-0.3, -0.25) is 4.79 Å². The zero-order valence-corrected chi connectivity index (χ0v) is 12.4. The number of carbonyl (C=O) groups is 1. The number of aromatic nitrogens is 1. The third-order valence-corrected chi connectivity index (χ3v) is 4.32. The molecule has 0 bridgehead atoms. The summed E-state index contributed by atoms with van der Waals surface area (Å²) in [5.41, 5.74) is 4.65. The van der Waals surface area contributed by atoms with Gasteiger partial charge in [0.25, 0.3) is 0 Å². The van der Waals surface area contributed by atoms with Crippen LogP contribution < -0.4 is 0 Å². The van der Waals surface area contributed by atoms with Gasteiger partial charge in [-0.2, -0.15) is 0 Å². The quantitative estimate of drug-likeness (QED) is 0.829. The molecular formula is C17H18ClNO. The maximum Gasteiger partial charge on any atom is 0.164 e.